The normalized spacial score (nSPS) is 30.1. The van der Waals surface area contributed by atoms with Gasteiger partial charge in [0, 0.05) is 13.0 Å². The topological polar surface area (TPSA) is 58.6 Å². The summed E-state index contributed by atoms with van der Waals surface area (Å²) in [5.74, 6) is -0.171. The number of amides is 2. The molecule has 2 atom stereocenters. The van der Waals surface area contributed by atoms with Crippen molar-refractivity contribution in [1.29, 1.82) is 0 Å². The smallest absolute Gasteiger partial charge is 0.252 e. The van der Waals surface area contributed by atoms with Gasteiger partial charge in [-0.3, -0.25) is 15.0 Å². The molecule has 0 bridgehead atoms. The fourth-order valence-corrected chi connectivity index (χ4v) is 3.10. The van der Waals surface area contributed by atoms with Gasteiger partial charge in [0.1, 0.15) is 0 Å². The zero-order valence-corrected chi connectivity index (χ0v) is 12.2. The van der Waals surface area contributed by atoms with E-state index in [0.29, 0.717) is 6.61 Å². The van der Waals surface area contributed by atoms with Crippen LogP contribution < -0.4 is 5.43 Å². The molecular formula is C16H20N2O3. The predicted molar refractivity (Wildman–Crippen MR) is 77.2 cm³/mol. The molecule has 1 N–H and O–H groups in total. The monoisotopic (exact) mass is 288 g/mol. The molecule has 2 aliphatic rings. The van der Waals surface area contributed by atoms with E-state index >= 15 is 0 Å². The van der Waals surface area contributed by atoms with Crippen molar-refractivity contribution in [2.24, 2.45) is 0 Å². The number of hydrogen-bond acceptors (Lipinski definition) is 3. The van der Waals surface area contributed by atoms with Gasteiger partial charge in [0.25, 0.3) is 5.91 Å². The number of carbonyl (C=O) groups excluding carboxylic acids is 2. The summed E-state index contributed by atoms with van der Waals surface area (Å²) in [4.78, 5) is 25.1. The maximum absolute atomic E-state index is 12.9. The summed E-state index contributed by atoms with van der Waals surface area (Å²) < 4.78 is 5.45. The summed E-state index contributed by atoms with van der Waals surface area (Å²) in [6.07, 6.45) is 1.95. The van der Waals surface area contributed by atoms with Gasteiger partial charge in [-0.15, -0.1) is 0 Å². The van der Waals surface area contributed by atoms with Crippen molar-refractivity contribution in [3.05, 3.63) is 35.9 Å². The first-order chi connectivity index (χ1) is 10.1. The first-order valence-electron chi connectivity index (χ1n) is 7.38. The molecule has 21 heavy (non-hydrogen) atoms. The highest BCUT2D eigenvalue weighted by Gasteiger charge is 2.47. The number of nitrogens with one attached hydrogen (secondary N) is 1. The minimum atomic E-state index is -0.805. The van der Waals surface area contributed by atoms with Crippen LogP contribution >= 0.6 is 0 Å². The first kappa shape index (κ1) is 14.1. The van der Waals surface area contributed by atoms with Crippen LogP contribution in [0.4, 0.5) is 0 Å². The number of carbonyl (C=O) groups is 2. The van der Waals surface area contributed by atoms with Crippen LogP contribution in [-0.4, -0.2) is 36.1 Å². The number of rotatable bonds is 2. The lowest BCUT2D eigenvalue weighted by molar-refractivity contribution is -0.160. The fraction of sp³-hybridized carbons (Fsp3) is 0.500. The summed E-state index contributed by atoms with van der Waals surface area (Å²) in [5, 5.41) is 1.50. The average Bonchev–Trinajstić information content (AvgIpc) is 2.52. The molecule has 2 fully saturated rings. The predicted octanol–water partition coefficient (Wildman–Crippen LogP) is 1.39. The Morgan fingerprint density at radius 1 is 1.29 bits per heavy atom. The van der Waals surface area contributed by atoms with Gasteiger partial charge in [-0.1, -0.05) is 30.3 Å². The van der Waals surface area contributed by atoms with E-state index in [2.05, 4.69) is 5.43 Å². The Labute approximate surface area is 124 Å². The van der Waals surface area contributed by atoms with E-state index < -0.39 is 5.41 Å². The number of nitrogens with zero attached hydrogens (tertiary/aromatic N) is 1. The fourth-order valence-electron chi connectivity index (χ4n) is 3.10. The summed E-state index contributed by atoms with van der Waals surface area (Å²) in [6, 6.07) is 9.45. The van der Waals surface area contributed by atoms with Crippen molar-refractivity contribution in [2.45, 2.75) is 37.6 Å². The molecule has 0 spiro atoms. The quantitative estimate of drug-likeness (QED) is 0.894. The van der Waals surface area contributed by atoms with Gasteiger partial charge >= 0.3 is 0 Å². The van der Waals surface area contributed by atoms with E-state index in [1.54, 1.807) is 0 Å². The molecule has 2 amide bonds. The Morgan fingerprint density at radius 2 is 2.05 bits per heavy atom. The third-order valence-electron chi connectivity index (χ3n) is 4.36. The molecule has 2 saturated heterocycles. The van der Waals surface area contributed by atoms with Crippen molar-refractivity contribution in [1.82, 2.24) is 10.4 Å². The third-order valence-corrected chi connectivity index (χ3v) is 4.36. The van der Waals surface area contributed by atoms with Crippen molar-refractivity contribution >= 4 is 11.8 Å². The van der Waals surface area contributed by atoms with Crippen LogP contribution in [0.15, 0.2) is 30.3 Å². The van der Waals surface area contributed by atoms with Crippen LogP contribution in [0.5, 0.6) is 0 Å². The summed E-state index contributed by atoms with van der Waals surface area (Å²) >= 11 is 0. The molecular weight excluding hydrogens is 268 g/mol. The Kier molecular flexibility index (Phi) is 3.68. The highest BCUT2D eigenvalue weighted by atomic mass is 16.5. The molecule has 1 aromatic carbocycles. The standard InChI is InChI=1S/C16H20N2O3/c1-16(12-6-3-2-4-7-12)10-14(19)17-18(15(16)20)13-8-5-9-21-11-13/h2-4,6-7,13H,5,8-11H2,1H3,(H,17,19). The van der Waals surface area contributed by atoms with Crippen LogP contribution in [0, 0.1) is 0 Å². The molecule has 1 aromatic rings. The zero-order chi connectivity index (χ0) is 14.9. The Hall–Kier alpha value is -1.88. The highest BCUT2D eigenvalue weighted by molar-refractivity contribution is 5.97. The number of hydrazine groups is 1. The first-order valence-corrected chi connectivity index (χ1v) is 7.38. The molecule has 0 aromatic heterocycles. The van der Waals surface area contributed by atoms with Crippen LogP contribution in [0.1, 0.15) is 31.7 Å². The van der Waals surface area contributed by atoms with Crippen LogP contribution in [-0.2, 0) is 19.7 Å². The van der Waals surface area contributed by atoms with Gasteiger partial charge in [0.2, 0.25) is 5.91 Å². The molecule has 3 rings (SSSR count). The van der Waals surface area contributed by atoms with Gasteiger partial charge in [-0.05, 0) is 25.3 Å². The number of benzene rings is 1. The van der Waals surface area contributed by atoms with Crippen molar-refractivity contribution < 1.29 is 14.3 Å². The van der Waals surface area contributed by atoms with Crippen molar-refractivity contribution in [3.63, 3.8) is 0 Å². The lowest BCUT2D eigenvalue weighted by Crippen LogP contribution is -2.64. The van der Waals surface area contributed by atoms with E-state index in [1.807, 2.05) is 37.3 Å². The second kappa shape index (κ2) is 5.48. The zero-order valence-electron chi connectivity index (χ0n) is 12.2. The molecule has 0 saturated carbocycles. The lowest BCUT2D eigenvalue weighted by Gasteiger charge is -2.43. The lowest BCUT2D eigenvalue weighted by atomic mass is 9.76. The molecule has 5 nitrogen and oxygen atoms in total. The van der Waals surface area contributed by atoms with Gasteiger partial charge in [0.15, 0.2) is 0 Å². The second-order valence-corrected chi connectivity index (χ2v) is 5.96. The Balaban J connectivity index is 1.91. The van der Waals surface area contributed by atoms with E-state index in [0.717, 1.165) is 25.0 Å². The second-order valence-electron chi connectivity index (χ2n) is 5.96. The minimum absolute atomic E-state index is 0.0520. The molecule has 2 aliphatic heterocycles. The molecule has 0 aliphatic carbocycles. The van der Waals surface area contributed by atoms with E-state index in [1.165, 1.54) is 5.01 Å². The van der Waals surface area contributed by atoms with E-state index in [-0.39, 0.29) is 24.3 Å². The largest absolute Gasteiger partial charge is 0.379 e. The van der Waals surface area contributed by atoms with Crippen LogP contribution in [0.3, 0.4) is 0 Å². The maximum atomic E-state index is 12.9. The van der Waals surface area contributed by atoms with Gasteiger partial charge in [-0.25, -0.2) is 5.01 Å². The Morgan fingerprint density at radius 3 is 2.71 bits per heavy atom. The molecule has 5 heteroatoms. The highest BCUT2D eigenvalue weighted by Crippen LogP contribution is 2.33. The minimum Gasteiger partial charge on any atom is -0.379 e. The molecule has 112 valence electrons. The van der Waals surface area contributed by atoms with Gasteiger partial charge < -0.3 is 4.74 Å². The summed E-state index contributed by atoms with van der Waals surface area (Å²) in [6.45, 7) is 3.05. The average molecular weight is 288 g/mol. The van der Waals surface area contributed by atoms with E-state index in [4.69, 9.17) is 4.74 Å². The molecule has 2 unspecified atom stereocenters. The Bertz CT molecular complexity index is 540. The van der Waals surface area contributed by atoms with Crippen molar-refractivity contribution in [2.75, 3.05) is 13.2 Å². The maximum Gasteiger partial charge on any atom is 0.252 e. The number of ether oxygens (including phenoxy) is 1. The summed E-state index contributed by atoms with van der Waals surface area (Å²) in [7, 11) is 0. The molecule has 0 radical (unpaired) electrons. The third kappa shape index (κ3) is 2.53. The van der Waals surface area contributed by atoms with Crippen LogP contribution in [0.2, 0.25) is 0 Å². The van der Waals surface area contributed by atoms with Gasteiger partial charge in [0.05, 0.1) is 18.1 Å². The SMILES string of the molecule is CC1(c2ccccc2)CC(=O)NN(C2CCCOC2)C1=O. The number of hydrogen-bond donors (Lipinski definition) is 1. The summed E-state index contributed by atoms with van der Waals surface area (Å²) in [5.41, 5.74) is 2.80. The van der Waals surface area contributed by atoms with Gasteiger partial charge in [-0.2, -0.15) is 0 Å². The van der Waals surface area contributed by atoms with E-state index in [9.17, 15) is 9.59 Å². The van der Waals surface area contributed by atoms with Crippen LogP contribution in [0.25, 0.3) is 0 Å². The van der Waals surface area contributed by atoms with Crippen molar-refractivity contribution in [3.8, 4) is 0 Å². The molecule has 2 heterocycles.